The summed E-state index contributed by atoms with van der Waals surface area (Å²) in [6.45, 7) is 11.1. The molecular formula is C42H40IrN2Si-2. The first kappa shape index (κ1) is 29.4. The Balaban J connectivity index is 0.000000233. The quantitative estimate of drug-likeness (QED) is 0.131. The van der Waals surface area contributed by atoms with Crippen LogP contribution in [0.4, 0.5) is 0 Å². The molecule has 0 unspecified atom stereocenters. The smallest absolute Gasteiger partial charge is 0.0795 e. The molecule has 0 amide bonds. The zero-order valence-corrected chi connectivity index (χ0v) is 30.6. The molecule has 1 radical (unpaired) electrons. The average Bonchev–Trinajstić information content (AvgIpc) is 3.31. The van der Waals surface area contributed by atoms with Crippen molar-refractivity contribution >= 4 is 13.3 Å². The third-order valence-electron chi connectivity index (χ3n) is 8.69. The van der Waals surface area contributed by atoms with Gasteiger partial charge in [0.15, 0.2) is 0 Å². The Morgan fingerprint density at radius 3 is 2.13 bits per heavy atom. The van der Waals surface area contributed by atoms with E-state index in [1.807, 2.05) is 73.1 Å². The van der Waals surface area contributed by atoms with Crippen LogP contribution in [0.1, 0.15) is 40.2 Å². The van der Waals surface area contributed by atoms with Crippen LogP contribution in [0.5, 0.6) is 0 Å². The van der Waals surface area contributed by atoms with Gasteiger partial charge in [-0.2, -0.15) is 0 Å². The summed E-state index contributed by atoms with van der Waals surface area (Å²) in [5.74, 6) is 0. The summed E-state index contributed by atoms with van der Waals surface area (Å²) < 4.78 is 24.1. The minimum Gasteiger partial charge on any atom is -0.305 e. The Kier molecular flexibility index (Phi) is 8.59. The largest absolute Gasteiger partial charge is 0.305 e. The van der Waals surface area contributed by atoms with Crippen LogP contribution in [0, 0.1) is 25.9 Å². The van der Waals surface area contributed by atoms with Gasteiger partial charge < -0.3 is 9.97 Å². The Morgan fingerprint density at radius 2 is 1.46 bits per heavy atom. The molecular weight excluding hydrogens is 753 g/mol. The number of hydrogen-bond donors (Lipinski definition) is 0. The molecule has 0 N–H and O–H groups in total. The number of hydrogen-bond acceptors (Lipinski definition) is 2. The van der Waals surface area contributed by atoms with Crippen molar-refractivity contribution in [3.8, 4) is 44.8 Å². The van der Waals surface area contributed by atoms with E-state index < -0.39 is 20.3 Å². The van der Waals surface area contributed by atoms with Gasteiger partial charge in [0.1, 0.15) is 0 Å². The van der Waals surface area contributed by atoms with E-state index in [0.717, 1.165) is 61.5 Å². The maximum atomic E-state index is 8.04. The van der Waals surface area contributed by atoms with Gasteiger partial charge in [-0.15, -0.1) is 65.2 Å². The van der Waals surface area contributed by atoms with Crippen molar-refractivity contribution < 1.29 is 24.2 Å². The summed E-state index contributed by atoms with van der Waals surface area (Å²) in [5.41, 5.74) is 11.3. The van der Waals surface area contributed by atoms with Crippen LogP contribution in [0.15, 0.2) is 116 Å². The molecule has 46 heavy (non-hydrogen) atoms. The summed E-state index contributed by atoms with van der Waals surface area (Å²) in [6, 6.07) is 41.0. The Bertz CT molecular complexity index is 2070. The van der Waals surface area contributed by atoms with E-state index in [4.69, 9.17) is 9.10 Å². The predicted octanol–water partition coefficient (Wildman–Crippen LogP) is 10.2. The van der Waals surface area contributed by atoms with Gasteiger partial charge in [0.2, 0.25) is 0 Å². The minimum atomic E-state index is -2.16. The van der Waals surface area contributed by atoms with Crippen molar-refractivity contribution in [1.29, 1.82) is 0 Å². The Hall–Kier alpha value is -3.95. The van der Waals surface area contributed by atoms with E-state index in [2.05, 4.69) is 93.9 Å². The molecule has 2 nitrogen and oxygen atoms in total. The van der Waals surface area contributed by atoms with Crippen molar-refractivity contribution in [2.75, 3.05) is 0 Å². The van der Waals surface area contributed by atoms with Crippen LogP contribution < -0.4 is 5.19 Å². The Morgan fingerprint density at radius 1 is 0.696 bits per heavy atom. The molecule has 2 heterocycles. The van der Waals surface area contributed by atoms with Crippen molar-refractivity contribution in [3.63, 3.8) is 0 Å². The van der Waals surface area contributed by atoms with E-state index in [9.17, 15) is 0 Å². The van der Waals surface area contributed by atoms with E-state index in [0.29, 0.717) is 5.56 Å². The van der Waals surface area contributed by atoms with Crippen LogP contribution in [-0.4, -0.2) is 18.0 Å². The van der Waals surface area contributed by atoms with E-state index >= 15 is 0 Å². The van der Waals surface area contributed by atoms with Crippen LogP contribution in [0.2, 0.25) is 19.6 Å². The van der Waals surface area contributed by atoms with Crippen molar-refractivity contribution in [3.05, 3.63) is 150 Å². The number of rotatable bonds is 4. The molecule has 233 valence electrons. The molecule has 0 spiro atoms. The first-order chi connectivity index (χ1) is 22.7. The normalized spacial score (nSPS) is 13.9. The van der Waals surface area contributed by atoms with Gasteiger partial charge in [-0.05, 0) is 51.2 Å². The van der Waals surface area contributed by atoms with Crippen LogP contribution in [0.3, 0.4) is 0 Å². The van der Waals surface area contributed by atoms with Gasteiger partial charge in [0, 0.05) is 47.6 Å². The van der Waals surface area contributed by atoms with Gasteiger partial charge in [-0.1, -0.05) is 113 Å². The van der Waals surface area contributed by atoms with E-state index in [1.165, 1.54) is 5.19 Å². The molecule has 7 rings (SSSR count). The summed E-state index contributed by atoms with van der Waals surface area (Å²) >= 11 is 0. The summed E-state index contributed by atoms with van der Waals surface area (Å²) in [4.78, 5) is 9.29. The van der Waals surface area contributed by atoms with E-state index in [1.54, 1.807) is 6.07 Å². The molecule has 4 heteroatoms. The van der Waals surface area contributed by atoms with Gasteiger partial charge in [-0.3, -0.25) is 0 Å². The van der Waals surface area contributed by atoms with Crippen LogP contribution >= 0.6 is 0 Å². The standard InChI is InChI=1S/C28H24N.C14H16NSi.Ir/c1-18-13-14-21(15-23(18)20-10-6-5-7-11-20)26-16-25-24(17-29-26)22-12-8-9-19(2)27(22)28(25,3)4;1-16(2,3)13-9-10-14(15-11-13)12-7-5-4-6-8-12;/h5-13,15-17H,1-4H3;4-7,9-11H,1-3H3;/q2*-1;/i2D3;;. The van der Waals surface area contributed by atoms with Crippen LogP contribution in [0.25, 0.3) is 44.8 Å². The molecule has 0 saturated heterocycles. The summed E-state index contributed by atoms with van der Waals surface area (Å²) in [6.07, 6.45) is 3.90. The fraction of sp³-hybridized carbons (Fsp3) is 0.190. The number of aryl methyl sites for hydroxylation is 2. The zero-order valence-electron chi connectivity index (χ0n) is 30.2. The summed E-state index contributed by atoms with van der Waals surface area (Å²) in [7, 11) is -1.23. The number of aromatic nitrogens is 2. The molecule has 0 bridgehead atoms. The van der Waals surface area contributed by atoms with Crippen LogP contribution in [-0.2, 0) is 25.5 Å². The summed E-state index contributed by atoms with van der Waals surface area (Å²) in [5, 5.41) is 1.40. The number of nitrogens with zero attached hydrogens (tertiary/aromatic N) is 2. The predicted molar refractivity (Wildman–Crippen MR) is 192 cm³/mol. The van der Waals surface area contributed by atoms with Crippen molar-refractivity contribution in [1.82, 2.24) is 9.97 Å². The molecule has 0 aliphatic heterocycles. The van der Waals surface area contributed by atoms with Gasteiger partial charge in [0.25, 0.3) is 0 Å². The number of pyridine rings is 2. The fourth-order valence-electron chi connectivity index (χ4n) is 6.11. The second-order valence-corrected chi connectivity index (χ2v) is 18.3. The Labute approximate surface area is 293 Å². The molecule has 2 aromatic heterocycles. The third-order valence-corrected chi connectivity index (χ3v) is 10.7. The first-order valence-electron chi connectivity index (χ1n) is 16.9. The first-order valence-corrected chi connectivity index (χ1v) is 18.9. The molecule has 0 saturated carbocycles. The van der Waals surface area contributed by atoms with E-state index in [-0.39, 0.29) is 20.1 Å². The maximum absolute atomic E-state index is 8.04. The molecule has 6 aromatic rings. The van der Waals surface area contributed by atoms with Crippen molar-refractivity contribution in [2.45, 2.75) is 52.7 Å². The zero-order chi connectivity index (χ0) is 34.3. The topological polar surface area (TPSA) is 25.8 Å². The molecule has 1 aliphatic carbocycles. The molecule has 1 aliphatic rings. The molecule has 0 fully saturated rings. The minimum absolute atomic E-state index is 0. The van der Waals surface area contributed by atoms with Gasteiger partial charge in [0.05, 0.1) is 8.07 Å². The van der Waals surface area contributed by atoms with Gasteiger partial charge >= 0.3 is 0 Å². The molecule has 0 atom stereocenters. The average molecular weight is 796 g/mol. The SMILES string of the molecule is C[Si](C)(C)c1ccc(-c2[c-]cccc2)nc1.[2H]C([2H])([2H])c1cccc2c1C(C)(C)c1cc(-c3[c-]cc(C)c(-c4ccccc4)c3)ncc1-2.[Ir]. The second-order valence-electron chi connectivity index (χ2n) is 13.2. The second kappa shape index (κ2) is 13.4. The number of fused-ring (bicyclic) bond motifs is 3. The molecule has 4 aromatic carbocycles. The van der Waals surface area contributed by atoms with Gasteiger partial charge in [-0.25, -0.2) is 0 Å². The number of benzene rings is 4. The fourth-order valence-corrected chi connectivity index (χ4v) is 7.14. The van der Waals surface area contributed by atoms with Crippen molar-refractivity contribution in [2.24, 2.45) is 0 Å². The maximum Gasteiger partial charge on any atom is 0.0795 e. The monoisotopic (exact) mass is 796 g/mol. The third kappa shape index (κ3) is 6.62.